The van der Waals surface area contributed by atoms with Gasteiger partial charge in [-0.25, -0.2) is 8.42 Å². The number of carboxylic acids is 1. The molecule has 1 aromatic rings. The number of carbonyl (C=O) groups is 2. The van der Waals surface area contributed by atoms with Crippen LogP contribution in [0.4, 0.5) is 5.69 Å². The molecule has 0 aliphatic carbocycles. The lowest BCUT2D eigenvalue weighted by atomic mass is 9.89. The van der Waals surface area contributed by atoms with Crippen molar-refractivity contribution in [3.8, 4) is 5.75 Å². The van der Waals surface area contributed by atoms with E-state index in [0.29, 0.717) is 11.4 Å². The number of ether oxygens (including phenoxy) is 1. The quantitative estimate of drug-likeness (QED) is 0.741. The molecule has 2 N–H and O–H groups in total. The highest BCUT2D eigenvalue weighted by Gasteiger charge is 2.30. The second-order valence-electron chi connectivity index (χ2n) is 5.92. The Morgan fingerprint density at radius 3 is 2.52 bits per heavy atom. The number of carboxylic acid groups (broad SMARTS) is 1. The van der Waals surface area contributed by atoms with Gasteiger partial charge in [0.05, 0.1) is 11.2 Å². The van der Waals surface area contributed by atoms with E-state index in [1.54, 1.807) is 24.3 Å². The third-order valence-corrected chi connectivity index (χ3v) is 3.93. The summed E-state index contributed by atoms with van der Waals surface area (Å²) in [5.74, 6) is -1.16. The summed E-state index contributed by atoms with van der Waals surface area (Å²) in [7, 11) is -3.10. The van der Waals surface area contributed by atoms with Crippen molar-refractivity contribution in [2.45, 2.75) is 20.3 Å². The molecule has 0 radical (unpaired) electrons. The number of carbonyl (C=O) groups excluding carboxylic acids is 1. The molecule has 0 aromatic heterocycles. The first-order chi connectivity index (χ1) is 10.5. The van der Waals surface area contributed by atoms with E-state index >= 15 is 0 Å². The van der Waals surface area contributed by atoms with Gasteiger partial charge in [-0.15, -0.1) is 0 Å². The van der Waals surface area contributed by atoms with Gasteiger partial charge in [-0.05, 0) is 26.0 Å². The predicted octanol–water partition coefficient (Wildman–Crippen LogP) is 1.55. The molecule has 23 heavy (non-hydrogen) atoms. The maximum Gasteiger partial charge on any atom is 0.309 e. The molecule has 0 bridgehead atoms. The SMILES string of the molecule is CC(C)(CC(=O)Nc1cccc(OCCS(C)(=O)=O)c1)C(=O)O. The van der Waals surface area contributed by atoms with Crippen LogP contribution in [0, 0.1) is 5.41 Å². The summed E-state index contributed by atoms with van der Waals surface area (Å²) in [4.78, 5) is 22.9. The van der Waals surface area contributed by atoms with Gasteiger partial charge in [0.25, 0.3) is 0 Å². The van der Waals surface area contributed by atoms with Crippen molar-refractivity contribution in [3.63, 3.8) is 0 Å². The molecule has 1 aromatic carbocycles. The van der Waals surface area contributed by atoms with Crippen LogP contribution in [0.1, 0.15) is 20.3 Å². The molecule has 0 fully saturated rings. The molecule has 7 nitrogen and oxygen atoms in total. The molecule has 128 valence electrons. The first kappa shape index (κ1) is 19.0. The van der Waals surface area contributed by atoms with Crippen molar-refractivity contribution in [2.24, 2.45) is 5.41 Å². The Balaban J connectivity index is 2.63. The lowest BCUT2D eigenvalue weighted by molar-refractivity contribution is -0.148. The smallest absolute Gasteiger partial charge is 0.309 e. The van der Waals surface area contributed by atoms with E-state index in [9.17, 15) is 18.0 Å². The molecule has 0 heterocycles. The van der Waals surface area contributed by atoms with Crippen LogP contribution in [0.15, 0.2) is 24.3 Å². The molecule has 8 heteroatoms. The molecule has 0 saturated carbocycles. The number of rotatable bonds is 8. The third-order valence-electron chi connectivity index (χ3n) is 3.02. The number of amides is 1. The van der Waals surface area contributed by atoms with Crippen LogP contribution in [-0.2, 0) is 19.4 Å². The summed E-state index contributed by atoms with van der Waals surface area (Å²) < 4.78 is 27.4. The zero-order valence-electron chi connectivity index (χ0n) is 13.3. The Kier molecular flexibility index (Phi) is 6.14. The van der Waals surface area contributed by atoms with Crippen molar-refractivity contribution in [1.82, 2.24) is 0 Å². The summed E-state index contributed by atoms with van der Waals surface area (Å²) in [6, 6.07) is 6.47. The molecule has 1 rings (SSSR count). The van der Waals surface area contributed by atoms with Crippen LogP contribution < -0.4 is 10.1 Å². The van der Waals surface area contributed by atoms with E-state index in [-0.39, 0.29) is 18.8 Å². The lowest BCUT2D eigenvalue weighted by Crippen LogP contribution is -2.29. The minimum atomic E-state index is -3.10. The van der Waals surface area contributed by atoms with Crippen molar-refractivity contribution < 1.29 is 27.9 Å². The number of hydrogen-bond donors (Lipinski definition) is 2. The molecule has 0 aliphatic heterocycles. The average molecular weight is 343 g/mol. The fourth-order valence-electron chi connectivity index (χ4n) is 1.66. The Hall–Kier alpha value is -2.09. The van der Waals surface area contributed by atoms with E-state index in [2.05, 4.69) is 5.32 Å². The van der Waals surface area contributed by atoms with Gasteiger partial charge in [0.15, 0.2) is 9.84 Å². The van der Waals surface area contributed by atoms with E-state index in [4.69, 9.17) is 9.84 Å². The molecule has 0 spiro atoms. The zero-order valence-corrected chi connectivity index (χ0v) is 14.1. The Morgan fingerprint density at radius 1 is 1.30 bits per heavy atom. The molecular weight excluding hydrogens is 322 g/mol. The highest BCUT2D eigenvalue weighted by molar-refractivity contribution is 7.90. The summed E-state index contributed by atoms with van der Waals surface area (Å²) in [5, 5.41) is 11.6. The minimum Gasteiger partial charge on any atom is -0.492 e. The predicted molar refractivity (Wildman–Crippen MR) is 86.3 cm³/mol. The van der Waals surface area contributed by atoms with Crippen LogP contribution in [0.5, 0.6) is 5.75 Å². The third kappa shape index (κ3) is 7.14. The number of hydrogen-bond acceptors (Lipinski definition) is 5. The zero-order chi connectivity index (χ0) is 17.7. The van der Waals surface area contributed by atoms with Crippen molar-refractivity contribution >= 4 is 27.4 Å². The molecule has 1 amide bonds. The Bertz CT molecular complexity index is 681. The number of sulfone groups is 1. The standard InChI is InChI=1S/C15H21NO6S/c1-15(2,14(18)19)10-13(17)16-11-5-4-6-12(9-11)22-7-8-23(3,20)21/h4-6,9H,7-8,10H2,1-3H3,(H,16,17)(H,18,19). The normalized spacial score (nSPS) is 11.8. The first-order valence-corrected chi connectivity index (χ1v) is 8.99. The Labute approximate surface area is 135 Å². The van der Waals surface area contributed by atoms with Crippen molar-refractivity contribution in [2.75, 3.05) is 23.9 Å². The van der Waals surface area contributed by atoms with Crippen LogP contribution in [0.25, 0.3) is 0 Å². The van der Waals surface area contributed by atoms with Gasteiger partial charge in [-0.1, -0.05) is 6.07 Å². The van der Waals surface area contributed by atoms with Gasteiger partial charge in [-0.3, -0.25) is 9.59 Å². The van der Waals surface area contributed by atoms with Gasteiger partial charge in [-0.2, -0.15) is 0 Å². The van der Waals surface area contributed by atoms with E-state index in [0.717, 1.165) is 6.26 Å². The topological polar surface area (TPSA) is 110 Å². The fourth-order valence-corrected chi connectivity index (χ4v) is 2.04. The molecule has 0 aliphatic rings. The van der Waals surface area contributed by atoms with Crippen molar-refractivity contribution in [3.05, 3.63) is 24.3 Å². The van der Waals surface area contributed by atoms with E-state index < -0.39 is 27.1 Å². The maximum absolute atomic E-state index is 11.9. The number of aliphatic carboxylic acids is 1. The highest BCUT2D eigenvalue weighted by atomic mass is 32.2. The average Bonchev–Trinajstić information content (AvgIpc) is 2.36. The Morgan fingerprint density at radius 2 is 1.96 bits per heavy atom. The highest BCUT2D eigenvalue weighted by Crippen LogP contribution is 2.22. The minimum absolute atomic E-state index is 0.0161. The van der Waals surface area contributed by atoms with Crippen LogP contribution in [0.2, 0.25) is 0 Å². The second-order valence-corrected chi connectivity index (χ2v) is 8.18. The number of nitrogens with one attached hydrogen (secondary N) is 1. The van der Waals surface area contributed by atoms with Crippen molar-refractivity contribution in [1.29, 1.82) is 0 Å². The molecular formula is C15H21NO6S. The number of anilines is 1. The van der Waals surface area contributed by atoms with Crippen LogP contribution in [-0.4, -0.2) is 44.0 Å². The summed E-state index contributed by atoms with van der Waals surface area (Å²) in [6.07, 6.45) is 0.957. The van der Waals surface area contributed by atoms with Gasteiger partial charge >= 0.3 is 5.97 Å². The summed E-state index contributed by atoms with van der Waals surface area (Å²) in [6.45, 7) is 2.96. The van der Waals surface area contributed by atoms with E-state index in [1.165, 1.54) is 13.8 Å². The van der Waals surface area contributed by atoms with Crippen LogP contribution >= 0.6 is 0 Å². The molecule has 0 unspecified atom stereocenters. The van der Waals surface area contributed by atoms with Gasteiger partial charge in [0.2, 0.25) is 5.91 Å². The fraction of sp³-hybridized carbons (Fsp3) is 0.467. The monoisotopic (exact) mass is 343 g/mol. The van der Waals surface area contributed by atoms with E-state index in [1.807, 2.05) is 0 Å². The first-order valence-electron chi connectivity index (χ1n) is 6.93. The van der Waals surface area contributed by atoms with Gasteiger partial charge in [0, 0.05) is 24.4 Å². The largest absolute Gasteiger partial charge is 0.492 e. The molecule has 0 saturated heterocycles. The van der Waals surface area contributed by atoms with Gasteiger partial charge in [0.1, 0.15) is 12.4 Å². The summed E-state index contributed by atoms with van der Waals surface area (Å²) in [5.41, 5.74) is -0.707. The van der Waals surface area contributed by atoms with Crippen LogP contribution in [0.3, 0.4) is 0 Å². The number of benzene rings is 1. The van der Waals surface area contributed by atoms with Gasteiger partial charge < -0.3 is 15.2 Å². The summed E-state index contributed by atoms with van der Waals surface area (Å²) >= 11 is 0. The second kappa shape index (κ2) is 7.45. The lowest BCUT2D eigenvalue weighted by Gasteiger charge is -2.18. The maximum atomic E-state index is 11.9. The molecule has 0 atom stereocenters.